The second-order valence-corrected chi connectivity index (χ2v) is 4.39. The van der Waals surface area contributed by atoms with Crippen LogP contribution in [0.5, 0.6) is 0 Å². The van der Waals surface area contributed by atoms with E-state index in [2.05, 4.69) is 24.5 Å². The van der Waals surface area contributed by atoms with Crippen LogP contribution < -0.4 is 0 Å². The van der Waals surface area contributed by atoms with Gasteiger partial charge in [-0.1, -0.05) is 33.1 Å². The third kappa shape index (κ3) is 19.6. The highest BCUT2D eigenvalue weighted by molar-refractivity contribution is 5.86. The number of epoxide rings is 1. The van der Waals surface area contributed by atoms with Gasteiger partial charge in [-0.25, -0.2) is 9.59 Å². The van der Waals surface area contributed by atoms with Crippen molar-refractivity contribution in [3.63, 3.8) is 0 Å². The molecule has 1 fully saturated rings. The van der Waals surface area contributed by atoms with E-state index in [1.165, 1.54) is 12.2 Å². The largest absolute Gasteiger partial charge is 0.463 e. The molecule has 1 rings (SSSR count). The molecule has 6 heteroatoms. The van der Waals surface area contributed by atoms with Gasteiger partial charge in [0, 0.05) is 17.7 Å². The molecule has 0 aromatic carbocycles. The van der Waals surface area contributed by atoms with Gasteiger partial charge in [0.15, 0.2) is 0 Å². The standard InChI is InChI=1S/C7H10O3.C7H12O2.C3H3N/c1-5(2)7(8)10-4-6-3-9-6;1-3-5-6-9-7(8)4-2;1-2-3-4/h6H,1,3-4H2,2H3;4H,2-3,5-6H2,1H3;2H,1H2. The molecule has 128 valence electrons. The van der Waals surface area contributed by atoms with E-state index >= 15 is 0 Å². The van der Waals surface area contributed by atoms with Crippen molar-refractivity contribution in [2.24, 2.45) is 0 Å². The Hall–Kier alpha value is -2.39. The number of carbonyl (C=O) groups excluding carboxylic acids is 2. The Kier molecular flexibility index (Phi) is 15.9. The maximum absolute atomic E-state index is 10.7. The van der Waals surface area contributed by atoms with E-state index in [0.29, 0.717) is 25.4 Å². The number of hydrogen-bond donors (Lipinski definition) is 0. The molecule has 0 N–H and O–H groups in total. The van der Waals surface area contributed by atoms with Crippen molar-refractivity contribution in [2.45, 2.75) is 32.8 Å². The SMILES string of the molecule is C=C(C)C(=O)OCC1CO1.C=CC#N.C=CC(=O)OCCCC. The van der Waals surface area contributed by atoms with E-state index < -0.39 is 0 Å². The van der Waals surface area contributed by atoms with Crippen molar-refractivity contribution in [3.8, 4) is 6.07 Å². The summed E-state index contributed by atoms with van der Waals surface area (Å²) >= 11 is 0. The summed E-state index contributed by atoms with van der Waals surface area (Å²) in [7, 11) is 0. The molecule has 0 radical (unpaired) electrons. The number of ether oxygens (including phenoxy) is 3. The van der Waals surface area contributed by atoms with Crippen molar-refractivity contribution in [2.75, 3.05) is 19.8 Å². The first kappa shape index (κ1) is 22.9. The van der Waals surface area contributed by atoms with Crippen LogP contribution in [0.1, 0.15) is 26.7 Å². The summed E-state index contributed by atoms with van der Waals surface area (Å²) in [6, 6.07) is 1.69. The van der Waals surface area contributed by atoms with Crippen LogP contribution in [0.4, 0.5) is 0 Å². The molecule has 0 amide bonds. The van der Waals surface area contributed by atoms with Gasteiger partial charge in [-0.05, 0) is 13.3 Å². The minimum atomic E-state index is -0.337. The van der Waals surface area contributed by atoms with E-state index in [1.807, 2.05) is 6.92 Å². The Balaban J connectivity index is 0. The molecule has 0 bridgehead atoms. The summed E-state index contributed by atoms with van der Waals surface area (Å²) in [4.78, 5) is 21.0. The number of carbonyl (C=O) groups is 2. The summed E-state index contributed by atoms with van der Waals surface area (Å²) in [5, 5.41) is 7.51. The first-order chi connectivity index (χ1) is 10.9. The van der Waals surface area contributed by atoms with Crippen molar-refractivity contribution in [1.82, 2.24) is 0 Å². The lowest BCUT2D eigenvalue weighted by Crippen LogP contribution is -2.09. The summed E-state index contributed by atoms with van der Waals surface area (Å²) in [5.41, 5.74) is 0.431. The Bertz CT molecular complexity index is 433. The molecule has 0 aromatic heterocycles. The van der Waals surface area contributed by atoms with Crippen LogP contribution in [-0.4, -0.2) is 37.9 Å². The van der Waals surface area contributed by atoms with Gasteiger partial charge < -0.3 is 14.2 Å². The summed E-state index contributed by atoms with van der Waals surface area (Å²) < 4.78 is 14.3. The van der Waals surface area contributed by atoms with Gasteiger partial charge in [0.1, 0.15) is 12.7 Å². The van der Waals surface area contributed by atoms with Crippen molar-refractivity contribution in [1.29, 1.82) is 5.26 Å². The fourth-order valence-corrected chi connectivity index (χ4v) is 0.832. The highest BCUT2D eigenvalue weighted by Gasteiger charge is 2.24. The van der Waals surface area contributed by atoms with Gasteiger partial charge in [-0.2, -0.15) is 5.26 Å². The number of nitrogens with zero attached hydrogens (tertiary/aromatic N) is 1. The molecule has 0 aromatic rings. The van der Waals surface area contributed by atoms with Gasteiger partial charge in [0.25, 0.3) is 0 Å². The molecule has 1 aliphatic heterocycles. The zero-order valence-electron chi connectivity index (χ0n) is 13.9. The van der Waals surface area contributed by atoms with Crippen LogP contribution in [0.25, 0.3) is 0 Å². The van der Waals surface area contributed by atoms with E-state index in [1.54, 1.807) is 13.0 Å². The van der Waals surface area contributed by atoms with Crippen molar-refractivity contribution in [3.05, 3.63) is 37.5 Å². The normalized spacial score (nSPS) is 13.5. The van der Waals surface area contributed by atoms with Gasteiger partial charge in [-0.15, -0.1) is 0 Å². The molecule has 1 saturated heterocycles. The molecule has 1 aliphatic rings. The van der Waals surface area contributed by atoms with E-state index in [9.17, 15) is 9.59 Å². The molecular weight excluding hydrogens is 298 g/mol. The number of allylic oxidation sites excluding steroid dienone is 1. The quantitative estimate of drug-likeness (QED) is 0.235. The predicted octanol–water partition coefficient (Wildman–Crippen LogP) is 2.72. The van der Waals surface area contributed by atoms with Crippen molar-refractivity contribution >= 4 is 11.9 Å². The average molecular weight is 323 g/mol. The zero-order valence-corrected chi connectivity index (χ0v) is 13.9. The Morgan fingerprint density at radius 1 is 1.39 bits per heavy atom. The van der Waals surface area contributed by atoms with Crippen LogP contribution in [0.2, 0.25) is 0 Å². The summed E-state index contributed by atoms with van der Waals surface area (Å²) in [6.45, 7) is 15.1. The number of rotatable bonds is 7. The fraction of sp³-hybridized carbons (Fsp3) is 0.471. The maximum atomic E-state index is 10.7. The molecule has 23 heavy (non-hydrogen) atoms. The van der Waals surface area contributed by atoms with Gasteiger partial charge in [0.05, 0.1) is 19.3 Å². The van der Waals surface area contributed by atoms with Gasteiger partial charge in [-0.3, -0.25) is 0 Å². The average Bonchev–Trinajstić information content (AvgIpc) is 3.37. The number of unbranched alkanes of at least 4 members (excludes halogenated alkanes) is 1. The van der Waals surface area contributed by atoms with E-state index in [-0.39, 0.29) is 18.0 Å². The van der Waals surface area contributed by atoms with Crippen LogP contribution >= 0.6 is 0 Å². The minimum Gasteiger partial charge on any atom is -0.463 e. The molecule has 1 heterocycles. The monoisotopic (exact) mass is 323 g/mol. The third-order valence-corrected chi connectivity index (χ3v) is 2.15. The molecule has 0 saturated carbocycles. The predicted molar refractivity (Wildman–Crippen MR) is 87.4 cm³/mol. The molecule has 0 aliphatic carbocycles. The molecule has 0 spiro atoms. The first-order valence-corrected chi connectivity index (χ1v) is 7.16. The summed E-state index contributed by atoms with van der Waals surface area (Å²) in [6.07, 6.45) is 4.47. The van der Waals surface area contributed by atoms with E-state index in [4.69, 9.17) is 14.7 Å². The van der Waals surface area contributed by atoms with Gasteiger partial charge in [0.2, 0.25) is 0 Å². The molecular formula is C17H25NO5. The Morgan fingerprint density at radius 3 is 2.30 bits per heavy atom. The van der Waals surface area contributed by atoms with Crippen LogP contribution in [0.15, 0.2) is 37.5 Å². The zero-order chi connectivity index (χ0) is 18.1. The number of esters is 2. The highest BCUT2D eigenvalue weighted by Crippen LogP contribution is 2.09. The summed E-state index contributed by atoms with van der Waals surface area (Å²) in [5.74, 6) is -0.668. The van der Waals surface area contributed by atoms with Crippen molar-refractivity contribution < 1.29 is 23.8 Å². The van der Waals surface area contributed by atoms with Crippen LogP contribution in [0, 0.1) is 11.3 Å². The Morgan fingerprint density at radius 2 is 1.96 bits per heavy atom. The second-order valence-electron chi connectivity index (χ2n) is 4.39. The molecule has 6 nitrogen and oxygen atoms in total. The molecule has 1 unspecified atom stereocenters. The molecule has 1 atom stereocenters. The van der Waals surface area contributed by atoms with Gasteiger partial charge >= 0.3 is 11.9 Å². The van der Waals surface area contributed by atoms with Crippen LogP contribution in [0.3, 0.4) is 0 Å². The fourth-order valence-electron chi connectivity index (χ4n) is 0.832. The Labute approximate surface area is 138 Å². The number of hydrogen-bond acceptors (Lipinski definition) is 6. The highest BCUT2D eigenvalue weighted by atomic mass is 16.6. The van der Waals surface area contributed by atoms with E-state index in [0.717, 1.165) is 12.8 Å². The first-order valence-electron chi connectivity index (χ1n) is 7.16. The lowest BCUT2D eigenvalue weighted by atomic mass is 10.4. The minimum absolute atomic E-state index is 0.142. The second kappa shape index (κ2) is 16.0. The lowest BCUT2D eigenvalue weighted by molar-refractivity contribution is -0.139. The smallest absolute Gasteiger partial charge is 0.333 e. The number of nitriles is 1. The maximum Gasteiger partial charge on any atom is 0.333 e. The van der Waals surface area contributed by atoms with Crippen LogP contribution in [-0.2, 0) is 23.8 Å². The third-order valence-electron chi connectivity index (χ3n) is 2.15. The lowest BCUT2D eigenvalue weighted by Gasteiger charge is -1.99. The topological polar surface area (TPSA) is 88.9 Å².